The van der Waals surface area contributed by atoms with Gasteiger partial charge in [-0.25, -0.2) is 4.79 Å². The summed E-state index contributed by atoms with van der Waals surface area (Å²) >= 11 is 0. The standard InChI is InChI=1S/C28H32O4/c1-4-6-20-30-21(3)22-7-9-23(10-8-22)24-11-17-27(18-12-24)32-28(29)25-13-15-26(16-14-25)31-19-5-2/h7-18,21H,4-6,19-20H2,1-3H3. The molecule has 0 heterocycles. The summed E-state index contributed by atoms with van der Waals surface area (Å²) in [6.45, 7) is 7.74. The highest BCUT2D eigenvalue weighted by molar-refractivity contribution is 5.91. The fraction of sp³-hybridized carbons (Fsp3) is 0.321. The van der Waals surface area contributed by atoms with E-state index in [0.717, 1.165) is 42.7 Å². The summed E-state index contributed by atoms with van der Waals surface area (Å²) in [5.74, 6) is 0.876. The molecule has 0 saturated heterocycles. The Morgan fingerprint density at radius 1 is 0.750 bits per heavy atom. The molecule has 0 amide bonds. The number of rotatable bonds is 11. The van der Waals surface area contributed by atoms with Gasteiger partial charge in [-0.3, -0.25) is 0 Å². The van der Waals surface area contributed by atoms with E-state index in [1.807, 2.05) is 24.3 Å². The largest absolute Gasteiger partial charge is 0.494 e. The lowest BCUT2D eigenvalue weighted by molar-refractivity contribution is 0.0637. The maximum atomic E-state index is 12.4. The molecule has 168 valence electrons. The Balaban J connectivity index is 1.58. The second-order valence-electron chi connectivity index (χ2n) is 7.78. The van der Waals surface area contributed by atoms with Gasteiger partial charge in [0.15, 0.2) is 0 Å². The molecule has 0 radical (unpaired) electrons. The number of carbonyl (C=O) groups is 1. The monoisotopic (exact) mass is 432 g/mol. The topological polar surface area (TPSA) is 44.8 Å². The zero-order valence-electron chi connectivity index (χ0n) is 19.2. The van der Waals surface area contributed by atoms with Crippen molar-refractivity contribution in [3.05, 3.63) is 83.9 Å². The summed E-state index contributed by atoms with van der Waals surface area (Å²) < 4.78 is 16.9. The number of ether oxygens (including phenoxy) is 3. The Labute approximate surface area is 191 Å². The summed E-state index contributed by atoms with van der Waals surface area (Å²) in [5, 5.41) is 0. The highest BCUT2D eigenvalue weighted by atomic mass is 16.5. The molecule has 1 atom stereocenters. The Hall–Kier alpha value is -3.11. The van der Waals surface area contributed by atoms with Crippen molar-refractivity contribution in [1.82, 2.24) is 0 Å². The van der Waals surface area contributed by atoms with Gasteiger partial charge in [-0.05, 0) is 72.9 Å². The first-order chi connectivity index (χ1) is 15.6. The lowest BCUT2D eigenvalue weighted by Gasteiger charge is -2.14. The van der Waals surface area contributed by atoms with Crippen molar-refractivity contribution in [2.24, 2.45) is 0 Å². The minimum Gasteiger partial charge on any atom is -0.494 e. The molecule has 0 saturated carbocycles. The molecule has 0 aliphatic heterocycles. The van der Waals surface area contributed by atoms with E-state index in [0.29, 0.717) is 17.9 Å². The van der Waals surface area contributed by atoms with Crippen LogP contribution < -0.4 is 9.47 Å². The number of carbonyl (C=O) groups excluding carboxylic acids is 1. The van der Waals surface area contributed by atoms with Gasteiger partial charge in [0.25, 0.3) is 0 Å². The second-order valence-corrected chi connectivity index (χ2v) is 7.78. The van der Waals surface area contributed by atoms with Crippen LogP contribution in [0.15, 0.2) is 72.8 Å². The van der Waals surface area contributed by atoms with Gasteiger partial charge in [-0.1, -0.05) is 56.7 Å². The van der Waals surface area contributed by atoms with Gasteiger partial charge in [0.2, 0.25) is 0 Å². The van der Waals surface area contributed by atoms with Crippen LogP contribution in [0.25, 0.3) is 11.1 Å². The average molecular weight is 433 g/mol. The van der Waals surface area contributed by atoms with Crippen molar-refractivity contribution in [3.8, 4) is 22.6 Å². The van der Waals surface area contributed by atoms with E-state index in [1.54, 1.807) is 24.3 Å². The third-order valence-corrected chi connectivity index (χ3v) is 5.21. The predicted octanol–water partition coefficient (Wildman–Crippen LogP) is 7.24. The molecule has 3 aromatic rings. The van der Waals surface area contributed by atoms with Gasteiger partial charge in [-0.2, -0.15) is 0 Å². The van der Waals surface area contributed by atoms with Gasteiger partial charge >= 0.3 is 5.97 Å². The molecule has 0 aliphatic rings. The van der Waals surface area contributed by atoms with Crippen LogP contribution in [-0.4, -0.2) is 19.2 Å². The van der Waals surface area contributed by atoms with Gasteiger partial charge in [0.05, 0.1) is 18.3 Å². The summed E-state index contributed by atoms with van der Waals surface area (Å²) in [4.78, 5) is 12.4. The van der Waals surface area contributed by atoms with Crippen LogP contribution in [0.4, 0.5) is 0 Å². The molecule has 0 aliphatic carbocycles. The number of unbranched alkanes of at least 4 members (excludes halogenated alkanes) is 1. The van der Waals surface area contributed by atoms with E-state index in [1.165, 1.54) is 5.56 Å². The number of esters is 1. The molecule has 4 heteroatoms. The average Bonchev–Trinajstić information content (AvgIpc) is 2.83. The second kappa shape index (κ2) is 12.1. The van der Waals surface area contributed by atoms with Gasteiger partial charge < -0.3 is 14.2 Å². The zero-order chi connectivity index (χ0) is 22.8. The van der Waals surface area contributed by atoms with Crippen LogP contribution in [0, 0.1) is 0 Å². The summed E-state index contributed by atoms with van der Waals surface area (Å²) in [5.41, 5.74) is 3.83. The molecule has 1 unspecified atom stereocenters. The minimum atomic E-state index is -0.388. The van der Waals surface area contributed by atoms with Crippen molar-refractivity contribution in [3.63, 3.8) is 0 Å². The number of hydrogen-bond donors (Lipinski definition) is 0. The lowest BCUT2D eigenvalue weighted by atomic mass is 10.0. The van der Waals surface area contributed by atoms with Crippen molar-refractivity contribution in [1.29, 1.82) is 0 Å². The highest BCUT2D eigenvalue weighted by Gasteiger charge is 2.10. The molecule has 0 aromatic heterocycles. The lowest BCUT2D eigenvalue weighted by Crippen LogP contribution is -2.08. The Bertz CT molecular complexity index is 960. The minimum absolute atomic E-state index is 0.0876. The van der Waals surface area contributed by atoms with E-state index in [-0.39, 0.29) is 12.1 Å². The highest BCUT2D eigenvalue weighted by Crippen LogP contribution is 2.26. The van der Waals surface area contributed by atoms with Gasteiger partial charge in [-0.15, -0.1) is 0 Å². The fourth-order valence-electron chi connectivity index (χ4n) is 3.24. The first-order valence-corrected chi connectivity index (χ1v) is 11.4. The van der Waals surface area contributed by atoms with Crippen LogP contribution in [0.3, 0.4) is 0 Å². The van der Waals surface area contributed by atoms with Crippen molar-refractivity contribution < 1.29 is 19.0 Å². The van der Waals surface area contributed by atoms with E-state index >= 15 is 0 Å². The van der Waals surface area contributed by atoms with E-state index < -0.39 is 0 Å². The normalized spacial score (nSPS) is 11.7. The first kappa shape index (κ1) is 23.6. The summed E-state index contributed by atoms with van der Waals surface area (Å²) in [6.07, 6.45) is 3.25. The smallest absolute Gasteiger partial charge is 0.343 e. The van der Waals surface area contributed by atoms with E-state index in [9.17, 15) is 4.79 Å². The van der Waals surface area contributed by atoms with Crippen molar-refractivity contribution >= 4 is 5.97 Å². The maximum Gasteiger partial charge on any atom is 0.343 e. The zero-order valence-corrected chi connectivity index (χ0v) is 19.2. The molecule has 3 aromatic carbocycles. The fourth-order valence-corrected chi connectivity index (χ4v) is 3.24. The molecule has 0 fully saturated rings. The Morgan fingerprint density at radius 3 is 1.94 bits per heavy atom. The van der Waals surface area contributed by atoms with Crippen molar-refractivity contribution in [2.75, 3.05) is 13.2 Å². The Morgan fingerprint density at radius 2 is 1.34 bits per heavy atom. The van der Waals surface area contributed by atoms with Crippen LogP contribution in [0.1, 0.15) is 62.1 Å². The third-order valence-electron chi connectivity index (χ3n) is 5.21. The molecular formula is C28H32O4. The van der Waals surface area contributed by atoms with Crippen molar-refractivity contribution in [2.45, 2.75) is 46.1 Å². The number of hydrogen-bond acceptors (Lipinski definition) is 4. The molecule has 0 N–H and O–H groups in total. The number of benzene rings is 3. The predicted molar refractivity (Wildman–Crippen MR) is 128 cm³/mol. The van der Waals surface area contributed by atoms with Gasteiger partial charge in [0, 0.05) is 6.61 Å². The third kappa shape index (κ3) is 6.69. The van der Waals surface area contributed by atoms with Crippen LogP contribution in [0.5, 0.6) is 11.5 Å². The Kier molecular flexibility index (Phi) is 8.88. The van der Waals surface area contributed by atoms with E-state index in [2.05, 4.69) is 45.0 Å². The van der Waals surface area contributed by atoms with Crippen LogP contribution >= 0.6 is 0 Å². The van der Waals surface area contributed by atoms with E-state index in [4.69, 9.17) is 14.2 Å². The van der Waals surface area contributed by atoms with Gasteiger partial charge in [0.1, 0.15) is 11.5 Å². The first-order valence-electron chi connectivity index (χ1n) is 11.4. The molecule has 3 rings (SSSR count). The summed E-state index contributed by atoms with van der Waals surface area (Å²) in [6, 6.07) is 23.0. The molecule has 4 nitrogen and oxygen atoms in total. The SMILES string of the molecule is CCCCOC(C)c1ccc(-c2ccc(OC(=O)c3ccc(OCCC)cc3)cc2)cc1. The molecule has 32 heavy (non-hydrogen) atoms. The molecule has 0 bridgehead atoms. The maximum absolute atomic E-state index is 12.4. The van der Waals surface area contributed by atoms with Crippen LogP contribution in [0.2, 0.25) is 0 Å². The quantitative estimate of drug-likeness (QED) is 0.182. The molecule has 0 spiro atoms. The summed E-state index contributed by atoms with van der Waals surface area (Å²) in [7, 11) is 0. The van der Waals surface area contributed by atoms with Crippen LogP contribution in [-0.2, 0) is 4.74 Å². The molecular weight excluding hydrogens is 400 g/mol.